The van der Waals surface area contributed by atoms with Gasteiger partial charge in [-0.25, -0.2) is 0 Å². The van der Waals surface area contributed by atoms with E-state index in [0.29, 0.717) is 19.4 Å². The molecule has 5 nitrogen and oxygen atoms in total. The molecule has 0 saturated heterocycles. The number of methoxy groups -OCH3 is 1. The highest BCUT2D eigenvalue weighted by molar-refractivity contribution is 5.93. The summed E-state index contributed by atoms with van der Waals surface area (Å²) in [5.41, 5.74) is 5.41. The van der Waals surface area contributed by atoms with Gasteiger partial charge in [-0.2, -0.15) is 5.10 Å². The zero-order chi connectivity index (χ0) is 22.5. The van der Waals surface area contributed by atoms with Gasteiger partial charge in [-0.05, 0) is 49.6 Å². The Kier molecular flexibility index (Phi) is 6.55. The van der Waals surface area contributed by atoms with Gasteiger partial charge in [-0.1, -0.05) is 54.6 Å². The van der Waals surface area contributed by atoms with E-state index in [1.165, 1.54) is 7.11 Å². The summed E-state index contributed by atoms with van der Waals surface area (Å²) in [5, 5.41) is 6.05. The standard InChI is InChI=1S/C27H28N2O3/c1-19(2)29-25-17-21(11-15-24(25)27(28-29)22-7-5-4-6-8-22)18-32-23-13-9-20(10-14-23)12-16-26(30)31-3/h4-11,13-15,17,19H,12,16,18H2,1-3H3. The van der Waals surface area contributed by atoms with Crippen LogP contribution in [-0.4, -0.2) is 22.9 Å². The molecule has 0 spiro atoms. The molecular formula is C27H28N2O3. The summed E-state index contributed by atoms with van der Waals surface area (Å²) in [7, 11) is 1.41. The molecule has 0 radical (unpaired) electrons. The zero-order valence-corrected chi connectivity index (χ0v) is 18.7. The topological polar surface area (TPSA) is 53.4 Å². The minimum Gasteiger partial charge on any atom is -0.489 e. The van der Waals surface area contributed by atoms with Gasteiger partial charge < -0.3 is 9.47 Å². The molecule has 0 aliphatic rings. The molecule has 0 aliphatic carbocycles. The molecule has 164 valence electrons. The fourth-order valence-electron chi connectivity index (χ4n) is 3.74. The van der Waals surface area contributed by atoms with Gasteiger partial charge in [0.2, 0.25) is 0 Å². The van der Waals surface area contributed by atoms with Crippen molar-refractivity contribution in [1.82, 2.24) is 9.78 Å². The van der Waals surface area contributed by atoms with Crippen LogP contribution in [0.3, 0.4) is 0 Å². The Bertz CT molecular complexity index is 1200. The highest BCUT2D eigenvalue weighted by atomic mass is 16.5. The Morgan fingerprint density at radius 3 is 2.38 bits per heavy atom. The van der Waals surface area contributed by atoms with Crippen LogP contribution in [0.15, 0.2) is 72.8 Å². The van der Waals surface area contributed by atoms with Gasteiger partial charge in [-0.3, -0.25) is 9.48 Å². The summed E-state index contributed by atoms with van der Waals surface area (Å²) in [5.74, 6) is 0.603. The second-order valence-corrected chi connectivity index (χ2v) is 8.11. The summed E-state index contributed by atoms with van der Waals surface area (Å²) in [4.78, 5) is 11.3. The lowest BCUT2D eigenvalue weighted by atomic mass is 10.1. The first kappa shape index (κ1) is 21.6. The molecule has 5 heteroatoms. The van der Waals surface area contributed by atoms with Crippen molar-refractivity contribution in [3.63, 3.8) is 0 Å². The number of benzene rings is 3. The summed E-state index contributed by atoms with van der Waals surface area (Å²) < 4.78 is 12.8. The number of carbonyl (C=O) groups is 1. The third-order valence-electron chi connectivity index (χ3n) is 5.48. The second-order valence-electron chi connectivity index (χ2n) is 8.11. The number of hydrogen-bond donors (Lipinski definition) is 0. The summed E-state index contributed by atoms with van der Waals surface area (Å²) >= 11 is 0. The third kappa shape index (κ3) is 4.83. The maximum Gasteiger partial charge on any atom is 0.305 e. The van der Waals surface area contributed by atoms with Crippen molar-refractivity contribution in [1.29, 1.82) is 0 Å². The zero-order valence-electron chi connectivity index (χ0n) is 18.7. The van der Waals surface area contributed by atoms with Crippen LogP contribution in [0, 0.1) is 0 Å². The lowest BCUT2D eigenvalue weighted by Gasteiger charge is -2.10. The Morgan fingerprint density at radius 2 is 1.69 bits per heavy atom. The van der Waals surface area contributed by atoms with E-state index in [2.05, 4.69) is 48.9 Å². The van der Waals surface area contributed by atoms with Gasteiger partial charge in [0.25, 0.3) is 0 Å². The van der Waals surface area contributed by atoms with Crippen LogP contribution in [0.4, 0.5) is 0 Å². The molecule has 0 saturated carbocycles. The normalized spacial score (nSPS) is 11.1. The molecule has 32 heavy (non-hydrogen) atoms. The number of aryl methyl sites for hydroxylation is 1. The summed E-state index contributed by atoms with van der Waals surface area (Å²) in [6.45, 7) is 4.76. The predicted octanol–water partition coefficient (Wildman–Crippen LogP) is 5.97. The van der Waals surface area contributed by atoms with Gasteiger partial charge in [0.15, 0.2) is 0 Å². The summed E-state index contributed by atoms with van der Waals surface area (Å²) in [6, 6.07) is 24.8. The molecule has 0 bridgehead atoms. The molecule has 1 aromatic heterocycles. The first-order chi connectivity index (χ1) is 15.5. The third-order valence-corrected chi connectivity index (χ3v) is 5.48. The van der Waals surface area contributed by atoms with Crippen LogP contribution in [-0.2, 0) is 22.6 Å². The largest absolute Gasteiger partial charge is 0.489 e. The van der Waals surface area contributed by atoms with E-state index in [9.17, 15) is 4.79 Å². The molecule has 3 aromatic carbocycles. The van der Waals surface area contributed by atoms with Gasteiger partial charge >= 0.3 is 5.97 Å². The minimum absolute atomic E-state index is 0.197. The van der Waals surface area contributed by atoms with Crippen LogP contribution in [0.2, 0.25) is 0 Å². The van der Waals surface area contributed by atoms with Crippen molar-refractivity contribution in [2.75, 3.05) is 7.11 Å². The highest BCUT2D eigenvalue weighted by Crippen LogP contribution is 2.30. The van der Waals surface area contributed by atoms with Crippen molar-refractivity contribution >= 4 is 16.9 Å². The molecule has 0 N–H and O–H groups in total. The van der Waals surface area contributed by atoms with Crippen LogP contribution >= 0.6 is 0 Å². The van der Waals surface area contributed by atoms with E-state index < -0.39 is 0 Å². The maximum absolute atomic E-state index is 11.3. The second kappa shape index (κ2) is 9.69. The van der Waals surface area contributed by atoms with E-state index in [4.69, 9.17) is 14.6 Å². The molecular weight excluding hydrogens is 400 g/mol. The van der Waals surface area contributed by atoms with Gasteiger partial charge in [0, 0.05) is 23.4 Å². The predicted molar refractivity (Wildman–Crippen MR) is 127 cm³/mol. The number of ether oxygens (including phenoxy) is 2. The van der Waals surface area contributed by atoms with E-state index in [1.54, 1.807) is 0 Å². The number of esters is 1. The van der Waals surface area contributed by atoms with E-state index >= 15 is 0 Å². The van der Waals surface area contributed by atoms with Crippen LogP contribution in [0.1, 0.15) is 37.4 Å². The monoisotopic (exact) mass is 428 g/mol. The molecule has 1 heterocycles. The Morgan fingerprint density at radius 1 is 0.969 bits per heavy atom. The molecule has 0 atom stereocenters. The van der Waals surface area contributed by atoms with Crippen molar-refractivity contribution in [3.05, 3.63) is 83.9 Å². The quantitative estimate of drug-likeness (QED) is 0.325. The molecule has 4 rings (SSSR count). The van der Waals surface area contributed by atoms with Gasteiger partial charge in [0.05, 0.1) is 12.6 Å². The Hall–Kier alpha value is -3.60. The average Bonchev–Trinajstić information content (AvgIpc) is 3.21. The fourth-order valence-corrected chi connectivity index (χ4v) is 3.74. The van der Waals surface area contributed by atoms with Gasteiger partial charge in [0.1, 0.15) is 18.1 Å². The van der Waals surface area contributed by atoms with Crippen molar-refractivity contribution < 1.29 is 14.3 Å². The lowest BCUT2D eigenvalue weighted by molar-refractivity contribution is -0.140. The van der Waals surface area contributed by atoms with Crippen molar-refractivity contribution in [3.8, 4) is 17.0 Å². The highest BCUT2D eigenvalue weighted by Gasteiger charge is 2.14. The van der Waals surface area contributed by atoms with Crippen LogP contribution < -0.4 is 4.74 Å². The molecule has 0 amide bonds. The van der Waals surface area contributed by atoms with Crippen molar-refractivity contribution in [2.24, 2.45) is 0 Å². The SMILES string of the molecule is COC(=O)CCc1ccc(OCc2ccc3c(-c4ccccc4)nn(C(C)C)c3c2)cc1. The van der Waals surface area contributed by atoms with Crippen molar-refractivity contribution in [2.45, 2.75) is 39.3 Å². The first-order valence-corrected chi connectivity index (χ1v) is 10.9. The molecule has 0 fully saturated rings. The van der Waals surface area contributed by atoms with E-state index in [0.717, 1.165) is 39.0 Å². The number of carbonyl (C=O) groups excluding carboxylic acids is 1. The van der Waals surface area contributed by atoms with Gasteiger partial charge in [-0.15, -0.1) is 0 Å². The van der Waals surface area contributed by atoms with E-state index in [1.807, 2.05) is 42.5 Å². The number of hydrogen-bond acceptors (Lipinski definition) is 4. The number of rotatable bonds is 8. The van der Waals surface area contributed by atoms with Crippen LogP contribution in [0.5, 0.6) is 5.75 Å². The molecule has 4 aromatic rings. The number of fused-ring (bicyclic) bond motifs is 1. The smallest absolute Gasteiger partial charge is 0.305 e. The lowest BCUT2D eigenvalue weighted by Crippen LogP contribution is -2.03. The Labute approximate surface area is 188 Å². The fraction of sp³-hybridized carbons (Fsp3) is 0.259. The first-order valence-electron chi connectivity index (χ1n) is 10.9. The number of aromatic nitrogens is 2. The van der Waals surface area contributed by atoms with Crippen LogP contribution in [0.25, 0.3) is 22.2 Å². The minimum atomic E-state index is -0.197. The van der Waals surface area contributed by atoms with E-state index in [-0.39, 0.29) is 12.0 Å². The Balaban J connectivity index is 1.50. The average molecular weight is 429 g/mol. The maximum atomic E-state index is 11.3. The molecule has 0 aliphatic heterocycles. The number of nitrogens with zero attached hydrogens (tertiary/aromatic N) is 2. The molecule has 0 unspecified atom stereocenters. The summed E-state index contributed by atoms with van der Waals surface area (Å²) in [6.07, 6.45) is 1.04.